The molecule has 1 atom stereocenters. The molecule has 162 valence electrons. The summed E-state index contributed by atoms with van der Waals surface area (Å²) in [5, 5.41) is 0. The normalized spacial score (nSPS) is 27.0. The fraction of sp³-hybridized carbons (Fsp3) is 0.905. The van der Waals surface area contributed by atoms with Crippen LogP contribution in [0.2, 0.25) is 0 Å². The van der Waals surface area contributed by atoms with Crippen molar-refractivity contribution >= 4 is 24.2 Å². The van der Waals surface area contributed by atoms with Crippen molar-refractivity contribution < 1.29 is 9.59 Å². The molecule has 0 saturated carbocycles. The Labute approximate surface area is 176 Å². The summed E-state index contributed by atoms with van der Waals surface area (Å²) in [6, 6.07) is 0.213. The first-order chi connectivity index (χ1) is 12.9. The van der Waals surface area contributed by atoms with Gasteiger partial charge in [-0.15, -0.1) is 12.4 Å². The molecule has 2 N–H and O–H groups in total. The van der Waals surface area contributed by atoms with Crippen LogP contribution in [0.1, 0.15) is 58.8 Å². The van der Waals surface area contributed by atoms with Gasteiger partial charge in [0, 0.05) is 51.2 Å². The summed E-state index contributed by atoms with van der Waals surface area (Å²) in [6.07, 6.45) is 7.35. The molecule has 0 bridgehead atoms. The van der Waals surface area contributed by atoms with Gasteiger partial charge in [0.15, 0.2) is 0 Å². The monoisotopic (exact) mass is 414 g/mol. The maximum absolute atomic E-state index is 12.8. The molecular formula is C21H39ClN4O2. The summed E-state index contributed by atoms with van der Waals surface area (Å²) < 4.78 is 0. The van der Waals surface area contributed by atoms with E-state index in [2.05, 4.69) is 23.6 Å². The highest BCUT2D eigenvalue weighted by Gasteiger charge is 2.35. The quantitative estimate of drug-likeness (QED) is 0.767. The summed E-state index contributed by atoms with van der Waals surface area (Å²) in [5.41, 5.74) is 6.27. The molecule has 3 saturated heterocycles. The van der Waals surface area contributed by atoms with Gasteiger partial charge in [-0.2, -0.15) is 0 Å². The fourth-order valence-electron chi connectivity index (χ4n) is 4.84. The zero-order valence-corrected chi connectivity index (χ0v) is 18.5. The Morgan fingerprint density at radius 1 is 0.893 bits per heavy atom. The van der Waals surface area contributed by atoms with Gasteiger partial charge in [-0.3, -0.25) is 14.5 Å². The molecule has 3 aliphatic heterocycles. The van der Waals surface area contributed by atoms with E-state index in [-0.39, 0.29) is 35.7 Å². The molecular weight excluding hydrogens is 376 g/mol. The predicted molar refractivity (Wildman–Crippen MR) is 114 cm³/mol. The number of piperidine rings is 2. The second kappa shape index (κ2) is 10.3. The van der Waals surface area contributed by atoms with E-state index >= 15 is 0 Å². The summed E-state index contributed by atoms with van der Waals surface area (Å²) in [5.74, 6) is 0.650. The van der Waals surface area contributed by atoms with Crippen molar-refractivity contribution in [2.45, 2.75) is 64.8 Å². The standard InChI is InChI=1S/C21H38N4O2.ClH/c1-21(2)16-23(12-9-18(21)22)15-19(26)24-13-7-17(8-14-24)20(27)25-10-5-3-4-6-11-25;/h17-18H,3-16,22H2,1-2H3;1H. The minimum atomic E-state index is 0. The van der Waals surface area contributed by atoms with Crippen molar-refractivity contribution in [2.24, 2.45) is 17.1 Å². The van der Waals surface area contributed by atoms with Crippen molar-refractivity contribution in [1.29, 1.82) is 0 Å². The van der Waals surface area contributed by atoms with Crippen molar-refractivity contribution in [3.8, 4) is 0 Å². The lowest BCUT2D eigenvalue weighted by Crippen LogP contribution is -2.55. The maximum atomic E-state index is 12.8. The molecule has 3 aliphatic rings. The molecule has 0 aromatic heterocycles. The smallest absolute Gasteiger partial charge is 0.236 e. The average molecular weight is 415 g/mol. The molecule has 0 spiro atoms. The number of hydrogen-bond acceptors (Lipinski definition) is 4. The van der Waals surface area contributed by atoms with Gasteiger partial charge in [-0.1, -0.05) is 26.7 Å². The summed E-state index contributed by atoms with van der Waals surface area (Å²) >= 11 is 0. The molecule has 3 heterocycles. The van der Waals surface area contributed by atoms with Crippen LogP contribution in [0.3, 0.4) is 0 Å². The molecule has 3 fully saturated rings. The van der Waals surface area contributed by atoms with Crippen LogP contribution in [-0.2, 0) is 9.59 Å². The second-order valence-electron chi connectivity index (χ2n) is 9.49. The van der Waals surface area contributed by atoms with Gasteiger partial charge < -0.3 is 15.5 Å². The number of halogens is 1. The number of amides is 2. The van der Waals surface area contributed by atoms with Gasteiger partial charge in [-0.05, 0) is 37.5 Å². The first-order valence-corrected chi connectivity index (χ1v) is 10.9. The van der Waals surface area contributed by atoms with E-state index in [4.69, 9.17) is 5.73 Å². The molecule has 1 unspecified atom stereocenters. The van der Waals surface area contributed by atoms with E-state index in [0.717, 1.165) is 71.4 Å². The van der Waals surface area contributed by atoms with Crippen LogP contribution in [0, 0.1) is 11.3 Å². The molecule has 6 nitrogen and oxygen atoms in total. The lowest BCUT2D eigenvalue weighted by Gasteiger charge is -2.43. The van der Waals surface area contributed by atoms with Crippen LogP contribution in [0.15, 0.2) is 0 Å². The molecule has 0 aromatic carbocycles. The zero-order valence-electron chi connectivity index (χ0n) is 17.7. The van der Waals surface area contributed by atoms with Gasteiger partial charge >= 0.3 is 0 Å². The van der Waals surface area contributed by atoms with E-state index in [1.54, 1.807) is 0 Å². The van der Waals surface area contributed by atoms with E-state index in [0.29, 0.717) is 12.5 Å². The molecule has 2 amide bonds. The number of carbonyl (C=O) groups excluding carboxylic acids is 2. The maximum Gasteiger partial charge on any atom is 0.236 e. The largest absolute Gasteiger partial charge is 0.342 e. The molecule has 28 heavy (non-hydrogen) atoms. The SMILES string of the molecule is CC1(C)CN(CC(=O)N2CCC(C(=O)N3CCCCCC3)CC2)CCC1N.Cl. The predicted octanol–water partition coefficient (Wildman–Crippen LogP) is 2.11. The third-order valence-electron chi connectivity index (χ3n) is 6.86. The minimum absolute atomic E-state index is 0. The van der Waals surface area contributed by atoms with Crippen LogP contribution >= 0.6 is 12.4 Å². The lowest BCUT2D eigenvalue weighted by molar-refractivity contribution is -0.141. The molecule has 0 radical (unpaired) electrons. The van der Waals surface area contributed by atoms with E-state index in [1.165, 1.54) is 12.8 Å². The van der Waals surface area contributed by atoms with Crippen LogP contribution in [0.4, 0.5) is 0 Å². The molecule has 0 aliphatic carbocycles. The Morgan fingerprint density at radius 2 is 1.50 bits per heavy atom. The van der Waals surface area contributed by atoms with Gasteiger partial charge in [0.1, 0.15) is 0 Å². The summed E-state index contributed by atoms with van der Waals surface area (Å²) in [4.78, 5) is 31.8. The van der Waals surface area contributed by atoms with Gasteiger partial charge in [0.25, 0.3) is 0 Å². The number of likely N-dealkylation sites (tertiary alicyclic amines) is 3. The van der Waals surface area contributed by atoms with Gasteiger partial charge in [-0.25, -0.2) is 0 Å². The van der Waals surface area contributed by atoms with Crippen LogP contribution < -0.4 is 5.73 Å². The Balaban J connectivity index is 0.00000280. The Bertz CT molecular complexity index is 526. The Morgan fingerprint density at radius 3 is 2.07 bits per heavy atom. The van der Waals surface area contributed by atoms with Crippen LogP contribution in [0.5, 0.6) is 0 Å². The van der Waals surface area contributed by atoms with Crippen molar-refractivity contribution in [1.82, 2.24) is 14.7 Å². The first-order valence-electron chi connectivity index (χ1n) is 10.9. The summed E-state index contributed by atoms with van der Waals surface area (Å²) in [6.45, 7) is 9.93. The van der Waals surface area contributed by atoms with Crippen LogP contribution in [-0.4, -0.2) is 78.4 Å². The van der Waals surface area contributed by atoms with Crippen molar-refractivity contribution in [2.75, 3.05) is 45.8 Å². The number of carbonyl (C=O) groups is 2. The highest BCUT2D eigenvalue weighted by Crippen LogP contribution is 2.28. The topological polar surface area (TPSA) is 69.9 Å². The Kier molecular flexibility index (Phi) is 8.59. The number of nitrogens with two attached hydrogens (primary N) is 1. The fourth-order valence-corrected chi connectivity index (χ4v) is 4.84. The van der Waals surface area contributed by atoms with E-state index < -0.39 is 0 Å². The van der Waals surface area contributed by atoms with Crippen molar-refractivity contribution in [3.63, 3.8) is 0 Å². The molecule has 7 heteroatoms. The third-order valence-corrected chi connectivity index (χ3v) is 6.86. The van der Waals surface area contributed by atoms with Crippen LogP contribution in [0.25, 0.3) is 0 Å². The Hall–Kier alpha value is -0.850. The zero-order chi connectivity index (χ0) is 19.4. The first kappa shape index (κ1) is 23.4. The van der Waals surface area contributed by atoms with Crippen molar-refractivity contribution in [3.05, 3.63) is 0 Å². The second-order valence-corrected chi connectivity index (χ2v) is 9.49. The van der Waals surface area contributed by atoms with E-state index in [1.807, 2.05) is 4.90 Å². The average Bonchev–Trinajstić information content (AvgIpc) is 2.93. The van der Waals surface area contributed by atoms with Gasteiger partial charge in [0.05, 0.1) is 6.54 Å². The van der Waals surface area contributed by atoms with E-state index in [9.17, 15) is 9.59 Å². The molecule has 0 aromatic rings. The highest BCUT2D eigenvalue weighted by molar-refractivity contribution is 5.85. The lowest BCUT2D eigenvalue weighted by atomic mass is 9.80. The molecule has 3 rings (SSSR count). The number of nitrogens with zero attached hydrogens (tertiary/aromatic N) is 3. The third kappa shape index (κ3) is 5.83. The summed E-state index contributed by atoms with van der Waals surface area (Å²) in [7, 11) is 0. The minimum Gasteiger partial charge on any atom is -0.342 e. The van der Waals surface area contributed by atoms with Gasteiger partial charge in [0.2, 0.25) is 11.8 Å². The number of rotatable bonds is 3. The number of hydrogen-bond donors (Lipinski definition) is 1. The highest BCUT2D eigenvalue weighted by atomic mass is 35.5.